The van der Waals surface area contributed by atoms with E-state index in [1.54, 1.807) is 6.20 Å². The van der Waals surface area contributed by atoms with Gasteiger partial charge in [0.25, 0.3) is 5.91 Å². The minimum atomic E-state index is -0.271. The van der Waals surface area contributed by atoms with Crippen LogP contribution in [-0.4, -0.2) is 54.8 Å². The van der Waals surface area contributed by atoms with Crippen LogP contribution in [0, 0.1) is 0 Å². The van der Waals surface area contributed by atoms with Gasteiger partial charge in [-0.05, 0) is 25.3 Å². The topological polar surface area (TPSA) is 78.1 Å². The first-order chi connectivity index (χ1) is 11.3. The predicted molar refractivity (Wildman–Crippen MR) is 80.4 cm³/mol. The molecule has 0 saturated carbocycles. The van der Waals surface area contributed by atoms with Crippen LogP contribution in [0.2, 0.25) is 0 Å². The molecular formula is C15H20N6O2. The Morgan fingerprint density at radius 3 is 3.09 bits per heavy atom. The molecule has 0 aromatic carbocycles. The number of rotatable bonds is 3. The van der Waals surface area contributed by atoms with E-state index in [0.717, 1.165) is 43.7 Å². The summed E-state index contributed by atoms with van der Waals surface area (Å²) in [6.45, 7) is 3.33. The van der Waals surface area contributed by atoms with Gasteiger partial charge in [0.15, 0.2) is 0 Å². The summed E-state index contributed by atoms with van der Waals surface area (Å²) in [4.78, 5) is 14.5. The molecule has 8 heteroatoms. The van der Waals surface area contributed by atoms with Crippen LogP contribution in [0.1, 0.15) is 30.7 Å². The van der Waals surface area contributed by atoms with Gasteiger partial charge in [-0.1, -0.05) is 5.21 Å². The SMILES string of the molecule is O=C(C1CCCO1)N1CCCn2nnc(Cn3cccn3)c2C1. The minimum Gasteiger partial charge on any atom is -0.368 e. The number of aryl methyl sites for hydroxylation is 1. The lowest BCUT2D eigenvalue weighted by Gasteiger charge is -2.23. The number of carbonyl (C=O) groups is 1. The van der Waals surface area contributed by atoms with Crippen molar-refractivity contribution in [2.75, 3.05) is 13.2 Å². The van der Waals surface area contributed by atoms with E-state index in [-0.39, 0.29) is 12.0 Å². The van der Waals surface area contributed by atoms with Crippen LogP contribution in [0.5, 0.6) is 0 Å². The molecule has 4 rings (SSSR count). The second-order valence-electron chi connectivity index (χ2n) is 6.02. The third-order valence-electron chi connectivity index (χ3n) is 4.44. The van der Waals surface area contributed by atoms with Crippen LogP contribution in [-0.2, 0) is 29.2 Å². The van der Waals surface area contributed by atoms with Crippen LogP contribution < -0.4 is 0 Å². The molecule has 8 nitrogen and oxygen atoms in total. The van der Waals surface area contributed by atoms with Crippen LogP contribution in [0.25, 0.3) is 0 Å². The molecule has 1 amide bonds. The third kappa shape index (κ3) is 2.86. The molecule has 2 aliphatic heterocycles. The summed E-state index contributed by atoms with van der Waals surface area (Å²) in [5.74, 6) is 0.0992. The fourth-order valence-electron chi connectivity index (χ4n) is 3.23. The average molecular weight is 316 g/mol. The first-order valence-corrected chi connectivity index (χ1v) is 8.10. The van der Waals surface area contributed by atoms with Gasteiger partial charge in [0.1, 0.15) is 11.8 Å². The van der Waals surface area contributed by atoms with Gasteiger partial charge in [0.05, 0.1) is 18.8 Å². The molecule has 1 saturated heterocycles. The van der Waals surface area contributed by atoms with Gasteiger partial charge in [-0.25, -0.2) is 4.68 Å². The van der Waals surface area contributed by atoms with E-state index in [9.17, 15) is 4.79 Å². The molecule has 2 aliphatic rings. The van der Waals surface area contributed by atoms with Crippen molar-refractivity contribution in [3.63, 3.8) is 0 Å². The molecule has 1 atom stereocenters. The number of nitrogens with zero attached hydrogens (tertiary/aromatic N) is 6. The normalized spacial score (nSPS) is 21.2. The van der Waals surface area contributed by atoms with Crippen LogP contribution in [0.15, 0.2) is 18.5 Å². The highest BCUT2D eigenvalue weighted by atomic mass is 16.5. The number of ether oxygens (including phenoxy) is 1. The maximum absolute atomic E-state index is 12.6. The molecule has 4 heterocycles. The number of hydrogen-bond acceptors (Lipinski definition) is 5. The highest BCUT2D eigenvalue weighted by Gasteiger charge is 2.30. The van der Waals surface area contributed by atoms with E-state index in [0.29, 0.717) is 19.7 Å². The molecule has 1 fully saturated rings. The van der Waals surface area contributed by atoms with Gasteiger partial charge in [-0.2, -0.15) is 5.10 Å². The summed E-state index contributed by atoms with van der Waals surface area (Å²) >= 11 is 0. The van der Waals surface area contributed by atoms with Crippen molar-refractivity contribution in [3.05, 3.63) is 29.8 Å². The van der Waals surface area contributed by atoms with Crippen molar-refractivity contribution < 1.29 is 9.53 Å². The molecule has 122 valence electrons. The van der Waals surface area contributed by atoms with E-state index in [1.165, 1.54) is 0 Å². The zero-order valence-corrected chi connectivity index (χ0v) is 13.0. The van der Waals surface area contributed by atoms with E-state index in [4.69, 9.17) is 4.74 Å². The maximum atomic E-state index is 12.6. The van der Waals surface area contributed by atoms with Gasteiger partial charge in [-0.15, -0.1) is 5.10 Å². The third-order valence-corrected chi connectivity index (χ3v) is 4.44. The highest BCUT2D eigenvalue weighted by molar-refractivity contribution is 5.81. The smallest absolute Gasteiger partial charge is 0.252 e. The standard InChI is InChI=1S/C15H20N6O2/c22-15(14-4-1-9-23-14)19-6-3-8-21-13(11-19)12(17-18-21)10-20-7-2-5-16-20/h2,5,7,14H,1,3-4,6,8-11H2. The summed E-state index contributed by atoms with van der Waals surface area (Å²) in [6.07, 6.45) is 6.05. The number of amides is 1. The fourth-order valence-corrected chi connectivity index (χ4v) is 3.23. The maximum Gasteiger partial charge on any atom is 0.252 e. The Labute approximate surface area is 134 Å². The first-order valence-electron chi connectivity index (χ1n) is 8.10. The predicted octanol–water partition coefficient (Wildman–Crippen LogP) is 0.434. The molecule has 0 bridgehead atoms. The van der Waals surface area contributed by atoms with Gasteiger partial charge < -0.3 is 9.64 Å². The molecule has 0 spiro atoms. The fraction of sp³-hybridized carbons (Fsp3) is 0.600. The summed E-state index contributed by atoms with van der Waals surface area (Å²) in [5, 5.41) is 12.8. The lowest BCUT2D eigenvalue weighted by Crippen LogP contribution is -2.38. The molecule has 0 radical (unpaired) electrons. The molecule has 23 heavy (non-hydrogen) atoms. The molecule has 0 aliphatic carbocycles. The largest absolute Gasteiger partial charge is 0.368 e. The Balaban J connectivity index is 1.55. The summed E-state index contributed by atoms with van der Waals surface area (Å²) < 4.78 is 9.29. The summed E-state index contributed by atoms with van der Waals surface area (Å²) in [6, 6.07) is 1.88. The quantitative estimate of drug-likeness (QED) is 0.821. The number of fused-ring (bicyclic) bond motifs is 1. The van der Waals surface area contributed by atoms with Crippen molar-refractivity contribution >= 4 is 5.91 Å². The van der Waals surface area contributed by atoms with Crippen LogP contribution >= 0.6 is 0 Å². The monoisotopic (exact) mass is 316 g/mol. The molecule has 2 aromatic heterocycles. The van der Waals surface area contributed by atoms with E-state index in [2.05, 4.69) is 15.4 Å². The van der Waals surface area contributed by atoms with Crippen molar-refractivity contribution in [1.29, 1.82) is 0 Å². The molecular weight excluding hydrogens is 296 g/mol. The van der Waals surface area contributed by atoms with Crippen molar-refractivity contribution in [2.24, 2.45) is 0 Å². The second-order valence-corrected chi connectivity index (χ2v) is 6.02. The molecule has 2 aromatic rings. The Bertz CT molecular complexity index is 674. The average Bonchev–Trinajstić information content (AvgIpc) is 3.29. The van der Waals surface area contributed by atoms with Crippen molar-refractivity contribution in [3.8, 4) is 0 Å². The number of aromatic nitrogens is 5. The van der Waals surface area contributed by atoms with Gasteiger partial charge in [0.2, 0.25) is 0 Å². The van der Waals surface area contributed by atoms with Crippen molar-refractivity contribution in [2.45, 2.75) is 45.0 Å². The Morgan fingerprint density at radius 1 is 1.35 bits per heavy atom. The van der Waals surface area contributed by atoms with Crippen LogP contribution in [0.3, 0.4) is 0 Å². The summed E-state index contributed by atoms with van der Waals surface area (Å²) in [5.41, 5.74) is 1.88. The highest BCUT2D eigenvalue weighted by Crippen LogP contribution is 2.20. The Hall–Kier alpha value is -2.22. The summed E-state index contributed by atoms with van der Waals surface area (Å²) in [7, 11) is 0. The van der Waals surface area contributed by atoms with Crippen LogP contribution in [0.4, 0.5) is 0 Å². The Morgan fingerprint density at radius 2 is 2.30 bits per heavy atom. The lowest BCUT2D eigenvalue weighted by molar-refractivity contribution is -0.141. The number of carbonyl (C=O) groups excluding carboxylic acids is 1. The number of hydrogen-bond donors (Lipinski definition) is 0. The first kappa shape index (κ1) is 14.4. The minimum absolute atomic E-state index is 0.0992. The van der Waals surface area contributed by atoms with E-state index < -0.39 is 0 Å². The molecule has 1 unspecified atom stereocenters. The second kappa shape index (κ2) is 6.11. The van der Waals surface area contributed by atoms with Gasteiger partial charge in [-0.3, -0.25) is 9.48 Å². The molecule has 0 N–H and O–H groups in total. The van der Waals surface area contributed by atoms with Gasteiger partial charge >= 0.3 is 0 Å². The van der Waals surface area contributed by atoms with E-state index >= 15 is 0 Å². The van der Waals surface area contributed by atoms with Gasteiger partial charge in [0, 0.05) is 32.1 Å². The van der Waals surface area contributed by atoms with E-state index in [1.807, 2.05) is 26.5 Å². The zero-order chi connectivity index (χ0) is 15.6. The van der Waals surface area contributed by atoms with Crippen molar-refractivity contribution in [1.82, 2.24) is 29.7 Å². The lowest BCUT2D eigenvalue weighted by atomic mass is 10.2. The Kier molecular flexibility index (Phi) is 3.82. The zero-order valence-electron chi connectivity index (χ0n) is 13.0.